The van der Waals surface area contributed by atoms with Crippen LogP contribution in [0, 0.1) is 0 Å². The van der Waals surface area contributed by atoms with E-state index >= 15 is 0 Å². The van der Waals surface area contributed by atoms with E-state index in [9.17, 15) is 14.7 Å². The number of hydrogen-bond donors (Lipinski definition) is 2. The van der Waals surface area contributed by atoms with Gasteiger partial charge in [0.05, 0.1) is 17.9 Å². The number of ether oxygens (including phenoxy) is 1. The smallest absolute Gasteiger partial charge is 0.407 e. The monoisotopic (exact) mass is 351 g/mol. The molecule has 1 aliphatic rings. The van der Waals surface area contributed by atoms with Crippen LogP contribution < -0.4 is 5.32 Å². The topological polar surface area (TPSA) is 101 Å². The normalized spacial score (nSPS) is 20.4. The number of carboxylic acid groups (broad SMARTS) is 1. The Morgan fingerprint density at radius 3 is 2.71 bits per heavy atom. The van der Waals surface area contributed by atoms with Gasteiger partial charge >= 0.3 is 12.1 Å². The minimum absolute atomic E-state index is 0.219. The molecule has 2 N–H and O–H groups in total. The molecule has 0 spiro atoms. The van der Waals surface area contributed by atoms with Gasteiger partial charge in [-0.3, -0.25) is 4.99 Å². The second-order valence-electron chi connectivity index (χ2n) is 6.65. The first-order valence-electron chi connectivity index (χ1n) is 7.48. The summed E-state index contributed by atoms with van der Waals surface area (Å²) in [5.41, 5.74) is -0.429. The van der Waals surface area contributed by atoms with Crippen LogP contribution in [0.5, 0.6) is 0 Å². The highest BCUT2D eigenvalue weighted by atomic mass is 32.2. The third-order valence-electron chi connectivity index (χ3n) is 3.14. The average molecular weight is 351 g/mol. The lowest BCUT2D eigenvalue weighted by Gasteiger charge is -2.19. The summed E-state index contributed by atoms with van der Waals surface area (Å²) < 4.78 is 5.17. The van der Waals surface area contributed by atoms with Gasteiger partial charge in [0.1, 0.15) is 10.6 Å². The summed E-state index contributed by atoms with van der Waals surface area (Å²) in [5.74, 6) is -0.576. The van der Waals surface area contributed by atoms with E-state index in [1.165, 1.54) is 11.8 Å². The molecule has 24 heavy (non-hydrogen) atoms. The Morgan fingerprint density at radius 2 is 2.12 bits per heavy atom. The van der Waals surface area contributed by atoms with Crippen molar-refractivity contribution >= 4 is 28.9 Å². The number of pyridine rings is 1. The molecular weight excluding hydrogens is 330 g/mol. The summed E-state index contributed by atoms with van der Waals surface area (Å²) in [6.45, 7) is 7.18. The van der Waals surface area contributed by atoms with Crippen LogP contribution in [-0.4, -0.2) is 44.1 Å². The molecule has 2 rings (SSSR count). The minimum atomic E-state index is -1.12. The van der Waals surface area contributed by atoms with E-state index in [1.54, 1.807) is 45.9 Å². The van der Waals surface area contributed by atoms with Crippen molar-refractivity contribution in [2.75, 3.05) is 5.75 Å². The molecule has 0 radical (unpaired) electrons. The van der Waals surface area contributed by atoms with Gasteiger partial charge in [-0.15, -0.1) is 11.8 Å². The molecule has 0 fully saturated rings. The molecular formula is C16H21N3O4S. The van der Waals surface area contributed by atoms with Crippen LogP contribution in [0.3, 0.4) is 0 Å². The number of carbonyl (C=O) groups is 2. The number of carbonyl (C=O) groups excluding carboxylic acids is 1. The maximum absolute atomic E-state index is 11.7. The van der Waals surface area contributed by atoms with Crippen molar-refractivity contribution in [2.45, 2.75) is 45.4 Å². The van der Waals surface area contributed by atoms with E-state index in [4.69, 9.17) is 4.74 Å². The van der Waals surface area contributed by atoms with Gasteiger partial charge in [-0.25, -0.2) is 14.6 Å². The fourth-order valence-electron chi connectivity index (χ4n) is 1.91. The van der Waals surface area contributed by atoms with Gasteiger partial charge in [0.15, 0.2) is 5.54 Å². The first-order valence-corrected chi connectivity index (χ1v) is 8.47. The van der Waals surface area contributed by atoms with E-state index in [1.807, 2.05) is 0 Å². The lowest BCUT2D eigenvalue weighted by molar-refractivity contribution is -0.141. The molecule has 7 nitrogen and oxygen atoms in total. The molecule has 2 heterocycles. The van der Waals surface area contributed by atoms with Gasteiger partial charge in [-0.1, -0.05) is 6.07 Å². The molecule has 1 amide bonds. The average Bonchev–Trinajstić information content (AvgIpc) is 2.88. The van der Waals surface area contributed by atoms with Crippen LogP contribution in [-0.2, 0) is 16.1 Å². The maximum atomic E-state index is 11.7. The van der Waals surface area contributed by atoms with Crippen molar-refractivity contribution in [3.63, 3.8) is 0 Å². The van der Waals surface area contributed by atoms with Crippen molar-refractivity contribution in [3.05, 3.63) is 29.6 Å². The summed E-state index contributed by atoms with van der Waals surface area (Å²) >= 11 is 1.37. The zero-order valence-electron chi connectivity index (χ0n) is 14.1. The standard InChI is InChI=1S/C16H21N3O4S/c1-15(2,3)23-14(22)17-8-10-6-5-7-11(18-10)12-19-16(4,9-24-12)13(20)21/h5-7H,8-9H2,1-4H3,(H,17,22)(H,20,21). The molecule has 0 saturated heterocycles. The molecule has 1 atom stereocenters. The van der Waals surface area contributed by atoms with Gasteiger partial charge in [0, 0.05) is 5.75 Å². The summed E-state index contributed by atoms with van der Waals surface area (Å²) in [5, 5.41) is 12.5. The van der Waals surface area contributed by atoms with Crippen LogP contribution >= 0.6 is 11.8 Å². The second-order valence-corrected chi connectivity index (χ2v) is 7.62. The Bertz CT molecular complexity index is 684. The van der Waals surface area contributed by atoms with Crippen LogP contribution in [0.15, 0.2) is 23.2 Å². The molecule has 0 bridgehead atoms. The third-order valence-corrected chi connectivity index (χ3v) is 4.42. The molecule has 1 aromatic heterocycles. The molecule has 0 saturated carbocycles. The van der Waals surface area contributed by atoms with Crippen molar-refractivity contribution in [1.82, 2.24) is 10.3 Å². The highest BCUT2D eigenvalue weighted by Crippen LogP contribution is 2.30. The van der Waals surface area contributed by atoms with E-state index in [0.29, 0.717) is 22.2 Å². The Balaban J connectivity index is 2.05. The van der Waals surface area contributed by atoms with Gasteiger partial charge in [-0.05, 0) is 39.8 Å². The number of nitrogens with one attached hydrogen (secondary N) is 1. The third kappa shape index (κ3) is 4.70. The molecule has 1 unspecified atom stereocenters. The van der Waals surface area contributed by atoms with Gasteiger partial charge in [0.25, 0.3) is 0 Å². The number of carboxylic acids is 1. The van der Waals surface area contributed by atoms with Crippen molar-refractivity contribution in [1.29, 1.82) is 0 Å². The van der Waals surface area contributed by atoms with Crippen LogP contribution in [0.2, 0.25) is 0 Å². The van der Waals surface area contributed by atoms with E-state index in [0.717, 1.165) is 0 Å². The fraction of sp³-hybridized carbons (Fsp3) is 0.500. The number of amides is 1. The molecule has 0 aromatic carbocycles. The largest absolute Gasteiger partial charge is 0.479 e. The summed E-state index contributed by atoms with van der Waals surface area (Å²) in [4.78, 5) is 31.6. The van der Waals surface area contributed by atoms with E-state index in [-0.39, 0.29) is 6.54 Å². The zero-order chi connectivity index (χ0) is 18.0. The van der Waals surface area contributed by atoms with Gasteiger partial charge in [-0.2, -0.15) is 0 Å². The number of aliphatic imine (C=N–C) groups is 1. The number of hydrogen-bond acceptors (Lipinski definition) is 6. The van der Waals surface area contributed by atoms with Crippen LogP contribution in [0.25, 0.3) is 0 Å². The van der Waals surface area contributed by atoms with E-state index < -0.39 is 23.2 Å². The molecule has 130 valence electrons. The molecule has 8 heteroatoms. The number of rotatable bonds is 4. The Morgan fingerprint density at radius 1 is 1.42 bits per heavy atom. The van der Waals surface area contributed by atoms with Crippen LogP contribution in [0.4, 0.5) is 4.79 Å². The molecule has 1 aliphatic heterocycles. The second kappa shape index (κ2) is 6.80. The highest BCUT2D eigenvalue weighted by Gasteiger charge is 2.38. The van der Waals surface area contributed by atoms with Gasteiger partial charge in [0.2, 0.25) is 0 Å². The Labute approximate surface area is 144 Å². The van der Waals surface area contributed by atoms with Gasteiger partial charge < -0.3 is 15.2 Å². The maximum Gasteiger partial charge on any atom is 0.407 e. The predicted octanol–water partition coefficient (Wildman–Crippen LogP) is 2.44. The van der Waals surface area contributed by atoms with Crippen molar-refractivity contribution in [3.8, 4) is 0 Å². The first kappa shape index (κ1) is 18.3. The summed E-state index contributed by atoms with van der Waals surface area (Å²) in [6, 6.07) is 5.35. The number of nitrogens with zero attached hydrogens (tertiary/aromatic N) is 2. The fourth-order valence-corrected chi connectivity index (χ4v) is 3.05. The number of aliphatic carboxylic acids is 1. The lowest BCUT2D eigenvalue weighted by Crippen LogP contribution is -2.33. The quantitative estimate of drug-likeness (QED) is 0.864. The number of alkyl carbamates (subject to hydrolysis) is 1. The highest BCUT2D eigenvalue weighted by molar-refractivity contribution is 8.14. The first-order chi connectivity index (χ1) is 11.1. The Hall–Kier alpha value is -2.09. The van der Waals surface area contributed by atoms with E-state index in [2.05, 4.69) is 15.3 Å². The number of thioether (sulfide) groups is 1. The van der Waals surface area contributed by atoms with Crippen molar-refractivity contribution < 1.29 is 19.4 Å². The summed E-state index contributed by atoms with van der Waals surface area (Å²) in [6.07, 6.45) is -0.513. The molecule has 1 aromatic rings. The summed E-state index contributed by atoms with van der Waals surface area (Å²) in [7, 11) is 0. The predicted molar refractivity (Wildman–Crippen MR) is 92.3 cm³/mol. The SMILES string of the molecule is CC(C)(C)OC(=O)NCc1cccc(C2=NC(C)(C(=O)O)CS2)n1. The minimum Gasteiger partial charge on any atom is -0.479 e. The zero-order valence-corrected chi connectivity index (χ0v) is 14.9. The number of aromatic nitrogens is 1. The van der Waals surface area contributed by atoms with Crippen molar-refractivity contribution in [2.24, 2.45) is 4.99 Å². The molecule has 0 aliphatic carbocycles. The Kier molecular flexibility index (Phi) is 5.17. The van der Waals surface area contributed by atoms with Crippen LogP contribution in [0.1, 0.15) is 39.1 Å². The lowest BCUT2D eigenvalue weighted by atomic mass is 10.1.